The number of fused-ring (bicyclic) bond motifs is 1. The quantitative estimate of drug-likeness (QED) is 0.193. The second-order valence-corrected chi connectivity index (χ2v) is 12.6. The molecule has 1 aromatic heterocycles. The lowest BCUT2D eigenvalue weighted by molar-refractivity contribution is -0.114. The average molecular weight is 584 g/mol. The zero-order valence-corrected chi connectivity index (χ0v) is 24.7. The summed E-state index contributed by atoms with van der Waals surface area (Å²) in [4.78, 5) is 36.9. The summed E-state index contributed by atoms with van der Waals surface area (Å²) in [6.07, 6.45) is 0. The number of halogens is 2. The third-order valence-electron chi connectivity index (χ3n) is 6.20. The second kappa shape index (κ2) is 12.6. The Morgan fingerprint density at radius 2 is 0.947 bits per heavy atom. The first-order chi connectivity index (χ1) is 18.1. The van der Waals surface area contributed by atoms with Crippen LogP contribution < -0.4 is 0 Å². The van der Waals surface area contributed by atoms with Crippen molar-refractivity contribution in [1.29, 1.82) is 0 Å². The molecule has 4 rings (SSSR count). The summed E-state index contributed by atoms with van der Waals surface area (Å²) in [6.45, 7) is 8.06. The van der Waals surface area contributed by atoms with Gasteiger partial charge in [-0.2, -0.15) is 0 Å². The molecule has 0 saturated carbocycles. The summed E-state index contributed by atoms with van der Waals surface area (Å²) in [5.41, 5.74) is 3.13. The van der Waals surface area contributed by atoms with E-state index >= 15 is 0 Å². The van der Waals surface area contributed by atoms with Crippen LogP contribution in [0.3, 0.4) is 0 Å². The molecule has 4 nitrogen and oxygen atoms in total. The molecule has 0 aliphatic rings. The van der Waals surface area contributed by atoms with Crippen molar-refractivity contribution < 1.29 is 9.59 Å². The average Bonchev–Trinajstić information content (AvgIpc) is 2.86. The number of para-hydroxylation sites is 2. The predicted molar refractivity (Wildman–Crippen MR) is 159 cm³/mol. The van der Waals surface area contributed by atoms with E-state index in [1.54, 1.807) is 24.3 Å². The smallest absolute Gasteiger partial charge is 0.202 e. The summed E-state index contributed by atoms with van der Waals surface area (Å²) >= 11 is 14.2. The summed E-state index contributed by atoms with van der Waals surface area (Å²) < 4.78 is 0. The Bertz CT molecular complexity index is 1330. The van der Waals surface area contributed by atoms with Crippen molar-refractivity contribution in [2.75, 3.05) is 0 Å². The topological polar surface area (TPSA) is 59.9 Å². The number of benzene rings is 3. The van der Waals surface area contributed by atoms with Gasteiger partial charge in [-0.25, -0.2) is 9.97 Å². The van der Waals surface area contributed by atoms with E-state index in [-0.39, 0.29) is 33.9 Å². The fourth-order valence-electron chi connectivity index (χ4n) is 4.34. The number of nitrogens with zero attached hydrogens (tertiary/aromatic N) is 2. The number of aromatic nitrogens is 2. The van der Waals surface area contributed by atoms with Crippen LogP contribution in [-0.4, -0.2) is 20.2 Å². The van der Waals surface area contributed by atoms with Crippen molar-refractivity contribution in [1.82, 2.24) is 9.97 Å². The van der Waals surface area contributed by atoms with Crippen LogP contribution in [0.4, 0.5) is 0 Å². The molecule has 8 heteroatoms. The fourth-order valence-corrected chi connectivity index (χ4v) is 6.85. The molecule has 0 fully saturated rings. The molecule has 0 amide bonds. The van der Waals surface area contributed by atoms with Gasteiger partial charge in [0.25, 0.3) is 0 Å². The van der Waals surface area contributed by atoms with Gasteiger partial charge in [-0.05, 0) is 82.9 Å². The van der Waals surface area contributed by atoms with E-state index in [1.807, 2.05) is 76.2 Å². The molecule has 4 aromatic rings. The van der Waals surface area contributed by atoms with Gasteiger partial charge in [0.05, 0.1) is 22.9 Å². The first kappa shape index (κ1) is 28.6. The van der Waals surface area contributed by atoms with Gasteiger partial charge in [0.15, 0.2) is 0 Å². The maximum atomic E-state index is 13.7. The number of rotatable bonds is 8. The molecule has 0 unspecified atom stereocenters. The van der Waals surface area contributed by atoms with Crippen molar-refractivity contribution in [2.45, 2.75) is 49.6 Å². The molecule has 0 aliphatic carbocycles. The Hall–Kier alpha value is -2.38. The highest BCUT2D eigenvalue weighted by Crippen LogP contribution is 2.40. The lowest BCUT2D eigenvalue weighted by atomic mass is 9.90. The van der Waals surface area contributed by atoms with Gasteiger partial charge < -0.3 is 0 Å². The standard InChI is InChI=1S/C30H28Cl2N2O2S2/c1-17(2)25(19-9-13-21(31)14-10-19)29(35)37-27-28(34-24-8-6-5-7-23(24)33-27)38-30(36)26(18(3)4)20-11-15-22(32)16-12-20/h5-18,25-26H,1-4H3/t25-,26-/m1/s1. The van der Waals surface area contributed by atoms with Crippen molar-refractivity contribution in [3.63, 3.8) is 0 Å². The number of hydrogen-bond acceptors (Lipinski definition) is 6. The number of carbonyl (C=O) groups excluding carboxylic acids is 2. The molecular formula is C30H28Cl2N2O2S2. The highest BCUT2D eigenvalue weighted by atomic mass is 35.5. The lowest BCUT2D eigenvalue weighted by Gasteiger charge is -2.21. The van der Waals surface area contributed by atoms with Crippen LogP contribution in [0.2, 0.25) is 10.0 Å². The van der Waals surface area contributed by atoms with Gasteiger partial charge in [-0.15, -0.1) is 0 Å². The van der Waals surface area contributed by atoms with E-state index in [4.69, 9.17) is 33.2 Å². The van der Waals surface area contributed by atoms with Gasteiger partial charge in [0.1, 0.15) is 10.1 Å². The SMILES string of the molecule is CC(C)[C@@H](C(=O)Sc1nc2ccccc2nc1SC(=O)[C@@H](c1ccc(Cl)cc1)C(C)C)c1ccc(Cl)cc1. The minimum absolute atomic E-state index is 0.0533. The summed E-state index contributed by atoms with van der Waals surface area (Å²) in [5, 5.41) is 2.00. The molecule has 0 spiro atoms. The second-order valence-electron chi connectivity index (χ2n) is 9.71. The molecule has 0 saturated heterocycles. The largest absolute Gasteiger partial charge is 0.286 e. The van der Waals surface area contributed by atoms with Crippen LogP contribution in [0.5, 0.6) is 0 Å². The van der Waals surface area contributed by atoms with Crippen molar-refractivity contribution in [2.24, 2.45) is 11.8 Å². The van der Waals surface area contributed by atoms with E-state index in [1.165, 1.54) is 0 Å². The maximum Gasteiger partial charge on any atom is 0.202 e. The van der Waals surface area contributed by atoms with Gasteiger partial charge in [-0.3, -0.25) is 9.59 Å². The Morgan fingerprint density at radius 3 is 1.26 bits per heavy atom. The molecule has 0 aliphatic heterocycles. The van der Waals surface area contributed by atoms with Gasteiger partial charge in [-0.1, -0.05) is 87.3 Å². The highest BCUT2D eigenvalue weighted by molar-refractivity contribution is 8.16. The van der Waals surface area contributed by atoms with Gasteiger partial charge in [0, 0.05) is 10.0 Å². The van der Waals surface area contributed by atoms with E-state index in [0.29, 0.717) is 31.1 Å². The van der Waals surface area contributed by atoms with E-state index < -0.39 is 0 Å². The van der Waals surface area contributed by atoms with Crippen LogP contribution in [0.1, 0.15) is 50.7 Å². The van der Waals surface area contributed by atoms with Crippen LogP contribution in [0, 0.1) is 11.8 Å². The maximum absolute atomic E-state index is 13.7. The van der Waals surface area contributed by atoms with E-state index in [9.17, 15) is 9.59 Å². The van der Waals surface area contributed by atoms with Crippen LogP contribution >= 0.6 is 46.7 Å². The number of thioether (sulfide) groups is 2. The zero-order valence-electron chi connectivity index (χ0n) is 21.5. The minimum atomic E-state index is -0.364. The molecule has 0 radical (unpaired) electrons. The third-order valence-corrected chi connectivity index (χ3v) is 8.70. The van der Waals surface area contributed by atoms with Gasteiger partial charge in [0.2, 0.25) is 10.2 Å². The molecule has 2 atom stereocenters. The first-order valence-corrected chi connectivity index (χ1v) is 14.7. The summed E-state index contributed by atoms with van der Waals surface area (Å²) in [7, 11) is 0. The third kappa shape index (κ3) is 6.78. The Balaban J connectivity index is 1.69. The van der Waals surface area contributed by atoms with Crippen LogP contribution in [0.25, 0.3) is 11.0 Å². The molecule has 0 N–H and O–H groups in total. The lowest BCUT2D eigenvalue weighted by Crippen LogP contribution is -2.17. The van der Waals surface area contributed by atoms with Crippen molar-refractivity contribution in [3.8, 4) is 0 Å². The van der Waals surface area contributed by atoms with Crippen LogP contribution in [0.15, 0.2) is 82.8 Å². The summed E-state index contributed by atoms with van der Waals surface area (Å²) in [6, 6.07) is 22.2. The normalized spacial score (nSPS) is 13.2. The molecule has 196 valence electrons. The molecule has 0 bridgehead atoms. The molecule has 1 heterocycles. The van der Waals surface area contributed by atoms with E-state index in [0.717, 1.165) is 34.7 Å². The Morgan fingerprint density at radius 1 is 0.605 bits per heavy atom. The van der Waals surface area contributed by atoms with Crippen molar-refractivity contribution in [3.05, 3.63) is 94.0 Å². The monoisotopic (exact) mass is 582 g/mol. The minimum Gasteiger partial charge on any atom is -0.286 e. The van der Waals surface area contributed by atoms with Crippen LogP contribution in [-0.2, 0) is 9.59 Å². The Kier molecular flexibility index (Phi) is 9.53. The Labute approximate surface area is 241 Å². The van der Waals surface area contributed by atoms with Gasteiger partial charge >= 0.3 is 0 Å². The highest BCUT2D eigenvalue weighted by Gasteiger charge is 2.30. The first-order valence-electron chi connectivity index (χ1n) is 12.3. The van der Waals surface area contributed by atoms with E-state index in [2.05, 4.69) is 0 Å². The fraction of sp³-hybridized carbons (Fsp3) is 0.267. The van der Waals surface area contributed by atoms with Crippen molar-refractivity contribution >= 4 is 68.0 Å². The summed E-state index contributed by atoms with van der Waals surface area (Å²) in [5.74, 6) is -0.622. The molecular weight excluding hydrogens is 555 g/mol. The molecule has 38 heavy (non-hydrogen) atoms. The zero-order chi connectivity index (χ0) is 27.4. The molecule has 3 aromatic carbocycles. The number of carbonyl (C=O) groups is 2. The predicted octanol–water partition coefficient (Wildman–Crippen LogP) is 9.05. The number of hydrogen-bond donors (Lipinski definition) is 0.